The maximum Gasteiger partial charge on any atom is 0.186 e. The lowest BCUT2D eigenvalue weighted by atomic mass is 10.0. The average molecular weight is 320 g/mol. The molecule has 2 N–H and O–H groups in total. The first kappa shape index (κ1) is 10.4. The van der Waals surface area contributed by atoms with Gasteiger partial charge in [0.25, 0.3) is 0 Å². The van der Waals surface area contributed by atoms with E-state index in [0.717, 1.165) is 9.21 Å². The fraction of sp³-hybridized carbons (Fsp3) is 1.00. The molecule has 0 amide bonds. The summed E-state index contributed by atoms with van der Waals surface area (Å²) in [6.45, 7) is 0.362. The zero-order valence-corrected chi connectivity index (χ0v) is 9.47. The van der Waals surface area contributed by atoms with Crippen molar-refractivity contribution in [3.63, 3.8) is 0 Å². The molecule has 2 aliphatic rings. The highest BCUT2D eigenvalue weighted by atomic mass is 127. The third kappa shape index (κ3) is 1.83. The normalized spacial score (nSPS) is 49.6. The van der Waals surface area contributed by atoms with Crippen LogP contribution in [0.25, 0.3) is 0 Å². The largest absolute Gasteiger partial charge is 0.387 e. The van der Waals surface area contributed by atoms with E-state index < -0.39 is 24.6 Å². The molecule has 1 unspecified atom stereocenters. The van der Waals surface area contributed by atoms with E-state index in [1.54, 1.807) is 0 Å². The van der Waals surface area contributed by atoms with Crippen molar-refractivity contribution < 1.29 is 23.9 Å². The van der Waals surface area contributed by atoms with Crippen LogP contribution in [-0.4, -0.2) is 47.5 Å². The Balaban J connectivity index is 2.08. The molecule has 2 aliphatic heterocycles. The van der Waals surface area contributed by atoms with E-state index in [0.29, 0.717) is 6.61 Å². The molecule has 5 atom stereocenters. The van der Waals surface area contributed by atoms with Crippen molar-refractivity contribution in [3.05, 3.63) is 0 Å². The third-order valence-electron chi connectivity index (χ3n) is 2.21. The van der Waals surface area contributed by atoms with Gasteiger partial charge in [0.2, 0.25) is 0 Å². The first-order chi connectivity index (χ1) is 6.24. The molecular formula is C6H9IO5S. The molecule has 2 rings (SSSR count). The van der Waals surface area contributed by atoms with Crippen LogP contribution in [-0.2, 0) is 13.7 Å². The monoisotopic (exact) mass is 320 g/mol. The van der Waals surface area contributed by atoms with Crippen molar-refractivity contribution in [1.82, 2.24) is 0 Å². The van der Waals surface area contributed by atoms with Crippen molar-refractivity contribution in [2.45, 2.75) is 30.7 Å². The first-order valence-electron chi connectivity index (χ1n) is 3.81. The maximum atomic E-state index is 9.60. The van der Waals surface area contributed by atoms with Crippen LogP contribution in [0.3, 0.4) is 0 Å². The molecule has 0 aliphatic carbocycles. The minimum atomic E-state index is -1.02. The van der Waals surface area contributed by atoms with Crippen LogP contribution in [0.4, 0.5) is 0 Å². The van der Waals surface area contributed by atoms with Crippen LogP contribution >= 0.6 is 30.4 Å². The van der Waals surface area contributed by atoms with Crippen molar-refractivity contribution in [2.24, 2.45) is 0 Å². The number of fused-ring (bicyclic) bond motifs is 2. The SMILES string of the molecule is O[C@H]1[C@H](OSI)[C@H]2COC(O2)[C@@H]1O. The number of aliphatic hydroxyl groups is 2. The summed E-state index contributed by atoms with van der Waals surface area (Å²) in [5.74, 6) is 0. The van der Waals surface area contributed by atoms with Crippen molar-refractivity contribution in [3.8, 4) is 0 Å². The Morgan fingerprint density at radius 3 is 2.85 bits per heavy atom. The second kappa shape index (κ2) is 4.17. The lowest BCUT2D eigenvalue weighted by Crippen LogP contribution is -2.54. The summed E-state index contributed by atoms with van der Waals surface area (Å²) in [5, 5.41) is 19.1. The summed E-state index contributed by atoms with van der Waals surface area (Å²) < 4.78 is 15.6. The van der Waals surface area contributed by atoms with E-state index in [1.807, 2.05) is 21.2 Å². The molecule has 5 nitrogen and oxygen atoms in total. The van der Waals surface area contributed by atoms with E-state index in [-0.39, 0.29) is 6.10 Å². The molecule has 0 spiro atoms. The predicted molar refractivity (Wildman–Crippen MR) is 53.1 cm³/mol. The Morgan fingerprint density at radius 1 is 1.38 bits per heavy atom. The van der Waals surface area contributed by atoms with E-state index in [4.69, 9.17) is 13.7 Å². The molecule has 2 heterocycles. The highest BCUT2D eigenvalue weighted by molar-refractivity contribution is 14.2. The first-order valence-corrected chi connectivity index (χ1v) is 7.09. The second-order valence-electron chi connectivity index (χ2n) is 2.98. The molecule has 76 valence electrons. The number of halogens is 1. The Bertz CT molecular complexity index is 194. The highest BCUT2D eigenvalue weighted by Gasteiger charge is 2.50. The summed E-state index contributed by atoms with van der Waals surface area (Å²) in [7, 11) is 1.11. The Morgan fingerprint density at radius 2 is 2.15 bits per heavy atom. The molecule has 13 heavy (non-hydrogen) atoms. The summed E-state index contributed by atoms with van der Waals surface area (Å²) >= 11 is 1.95. The topological polar surface area (TPSA) is 68.2 Å². The molecule has 0 aromatic heterocycles. The summed E-state index contributed by atoms with van der Waals surface area (Å²) in [6.07, 6.45) is -3.44. The fourth-order valence-electron chi connectivity index (χ4n) is 1.53. The van der Waals surface area contributed by atoms with Crippen LogP contribution in [0.2, 0.25) is 0 Å². The highest BCUT2D eigenvalue weighted by Crippen LogP contribution is 2.33. The molecule has 0 aromatic carbocycles. The van der Waals surface area contributed by atoms with Crippen LogP contribution in [0.5, 0.6) is 0 Å². The van der Waals surface area contributed by atoms with Gasteiger partial charge in [0, 0.05) is 21.2 Å². The lowest BCUT2D eigenvalue weighted by Gasteiger charge is -2.34. The zero-order valence-electron chi connectivity index (χ0n) is 6.50. The number of rotatable bonds is 2. The molecule has 2 fully saturated rings. The van der Waals surface area contributed by atoms with Crippen LogP contribution < -0.4 is 0 Å². The van der Waals surface area contributed by atoms with E-state index in [1.165, 1.54) is 0 Å². The quantitative estimate of drug-likeness (QED) is 0.545. The maximum absolute atomic E-state index is 9.60. The molecule has 2 bridgehead atoms. The number of aliphatic hydroxyl groups excluding tert-OH is 2. The smallest absolute Gasteiger partial charge is 0.186 e. The Labute approximate surface area is 91.5 Å². The van der Waals surface area contributed by atoms with Gasteiger partial charge in [-0.3, -0.25) is 4.18 Å². The zero-order chi connectivity index (χ0) is 9.42. The minimum Gasteiger partial charge on any atom is -0.387 e. The van der Waals surface area contributed by atoms with Gasteiger partial charge in [0.1, 0.15) is 24.4 Å². The summed E-state index contributed by atoms with van der Waals surface area (Å²) in [4.78, 5) is 0. The molecule has 0 radical (unpaired) electrons. The molecular weight excluding hydrogens is 311 g/mol. The second-order valence-corrected chi connectivity index (χ2v) is 4.38. The number of hydrogen-bond acceptors (Lipinski definition) is 6. The predicted octanol–water partition coefficient (Wildman–Crippen LogP) is -0.153. The van der Waals surface area contributed by atoms with Gasteiger partial charge in [-0.05, 0) is 0 Å². The van der Waals surface area contributed by atoms with Gasteiger partial charge in [-0.25, -0.2) is 0 Å². The van der Waals surface area contributed by atoms with Gasteiger partial charge in [-0.1, -0.05) is 0 Å². The van der Waals surface area contributed by atoms with E-state index in [2.05, 4.69) is 0 Å². The van der Waals surface area contributed by atoms with Crippen LogP contribution in [0, 0.1) is 0 Å². The Hall–Kier alpha value is 0.880. The van der Waals surface area contributed by atoms with Gasteiger partial charge >= 0.3 is 0 Å². The molecule has 0 aromatic rings. The van der Waals surface area contributed by atoms with Crippen molar-refractivity contribution >= 4 is 30.4 Å². The summed E-state index contributed by atoms with van der Waals surface area (Å²) in [5.41, 5.74) is 0. The fourth-order valence-corrected chi connectivity index (χ4v) is 2.57. The summed E-state index contributed by atoms with van der Waals surface area (Å²) in [6, 6.07) is 0. The number of hydrogen-bond donors (Lipinski definition) is 2. The van der Waals surface area contributed by atoms with Gasteiger partial charge in [-0.15, -0.1) is 0 Å². The van der Waals surface area contributed by atoms with E-state index in [9.17, 15) is 10.2 Å². The standard InChI is InChI=1S/C6H9IO5S/c7-13-12-5-2-1-10-6(11-2)4(9)3(5)8/h2-6,8-9H,1H2/t2-,3-,4-,5-,6?/m1/s1. The lowest BCUT2D eigenvalue weighted by molar-refractivity contribution is -0.221. The van der Waals surface area contributed by atoms with Crippen molar-refractivity contribution in [1.29, 1.82) is 0 Å². The molecule has 7 heteroatoms. The van der Waals surface area contributed by atoms with Crippen molar-refractivity contribution in [2.75, 3.05) is 6.61 Å². The average Bonchev–Trinajstić information content (AvgIpc) is 2.56. The Kier molecular flexibility index (Phi) is 3.34. The van der Waals surface area contributed by atoms with Gasteiger partial charge in [0.05, 0.1) is 15.8 Å². The van der Waals surface area contributed by atoms with E-state index >= 15 is 0 Å². The van der Waals surface area contributed by atoms with Crippen LogP contribution in [0.15, 0.2) is 0 Å². The van der Waals surface area contributed by atoms with Gasteiger partial charge in [0.15, 0.2) is 6.29 Å². The number of ether oxygens (including phenoxy) is 2. The molecule has 0 saturated carbocycles. The van der Waals surface area contributed by atoms with Gasteiger partial charge in [-0.2, -0.15) is 0 Å². The van der Waals surface area contributed by atoms with Crippen LogP contribution in [0.1, 0.15) is 0 Å². The third-order valence-corrected chi connectivity index (χ3v) is 3.13. The molecule has 2 saturated heterocycles. The van der Waals surface area contributed by atoms with Gasteiger partial charge < -0.3 is 19.7 Å². The minimum absolute atomic E-state index is 0.273.